The zero-order valence-corrected chi connectivity index (χ0v) is 16.8. The molecule has 1 atom stereocenters. The third-order valence-corrected chi connectivity index (χ3v) is 7.20. The number of nitrogens with zero attached hydrogens (tertiary/aromatic N) is 1. The minimum atomic E-state index is -3.89. The number of halogens is 1. The topological polar surface area (TPSA) is 83.6 Å². The molecular formula is C20H19ClN2O4S. The number of nitrogens with one attached hydrogen (secondary N) is 1. The molecule has 0 spiro atoms. The van der Waals surface area contributed by atoms with Crippen molar-refractivity contribution in [3.63, 3.8) is 0 Å². The summed E-state index contributed by atoms with van der Waals surface area (Å²) in [6.45, 7) is 1.94. The molecule has 8 heteroatoms. The van der Waals surface area contributed by atoms with Gasteiger partial charge >= 0.3 is 0 Å². The molecule has 146 valence electrons. The van der Waals surface area contributed by atoms with Gasteiger partial charge in [0, 0.05) is 16.6 Å². The first-order valence-electron chi connectivity index (χ1n) is 9.12. The van der Waals surface area contributed by atoms with Crippen LogP contribution in [0.5, 0.6) is 0 Å². The molecule has 1 aliphatic heterocycles. The van der Waals surface area contributed by atoms with Crippen LogP contribution in [0.4, 0.5) is 0 Å². The van der Waals surface area contributed by atoms with E-state index in [9.17, 15) is 18.0 Å². The Morgan fingerprint density at radius 3 is 2.50 bits per heavy atom. The number of amides is 2. The van der Waals surface area contributed by atoms with Gasteiger partial charge in [-0.2, -0.15) is 0 Å². The van der Waals surface area contributed by atoms with E-state index in [1.165, 1.54) is 18.2 Å². The van der Waals surface area contributed by atoms with E-state index in [4.69, 9.17) is 11.6 Å². The number of fused-ring (bicyclic) bond motifs is 1. The van der Waals surface area contributed by atoms with Crippen LogP contribution in [0.1, 0.15) is 58.5 Å². The predicted octanol–water partition coefficient (Wildman–Crippen LogP) is 3.53. The van der Waals surface area contributed by atoms with E-state index in [0.717, 1.165) is 9.87 Å². The quantitative estimate of drug-likeness (QED) is 0.805. The number of hydrogen-bond donors (Lipinski definition) is 1. The van der Waals surface area contributed by atoms with Crippen LogP contribution >= 0.6 is 11.6 Å². The van der Waals surface area contributed by atoms with Gasteiger partial charge in [0.1, 0.15) is 4.90 Å². The summed E-state index contributed by atoms with van der Waals surface area (Å²) in [6.07, 6.45) is 2.03. The molecule has 1 saturated carbocycles. The van der Waals surface area contributed by atoms with Crippen LogP contribution in [0.3, 0.4) is 0 Å². The number of sulfonamides is 1. The van der Waals surface area contributed by atoms with Crippen molar-refractivity contribution in [1.29, 1.82) is 0 Å². The van der Waals surface area contributed by atoms with Gasteiger partial charge < -0.3 is 5.32 Å². The first-order valence-corrected chi connectivity index (χ1v) is 10.9. The van der Waals surface area contributed by atoms with E-state index < -0.39 is 21.8 Å². The first kappa shape index (κ1) is 19.0. The molecule has 1 aliphatic carbocycles. The van der Waals surface area contributed by atoms with Crippen LogP contribution in [0.2, 0.25) is 5.02 Å². The van der Waals surface area contributed by atoms with Gasteiger partial charge in [0.2, 0.25) is 0 Å². The molecule has 2 aliphatic rings. The summed E-state index contributed by atoms with van der Waals surface area (Å²) in [7, 11) is -3.89. The van der Waals surface area contributed by atoms with E-state index in [-0.39, 0.29) is 28.1 Å². The number of rotatable bonds is 5. The lowest BCUT2D eigenvalue weighted by Crippen LogP contribution is -2.32. The lowest BCUT2D eigenvalue weighted by Gasteiger charge is -2.18. The number of carbonyl (C=O) groups excluding carboxylic acids is 2. The highest BCUT2D eigenvalue weighted by molar-refractivity contribution is 7.90. The standard InChI is InChI=1S/C20H19ClN2O4S/c1-2-17(12-3-6-14(21)7-4-12)22-19(24)13-5-10-16-18(11-13)28(26,27)23(20(16)25)15-8-9-15/h3-7,10-11,15,17H,2,8-9H2,1H3,(H,22,24). The highest BCUT2D eigenvalue weighted by atomic mass is 35.5. The second-order valence-corrected chi connectivity index (χ2v) is 9.25. The number of carbonyl (C=O) groups is 2. The molecule has 2 aromatic carbocycles. The summed E-state index contributed by atoms with van der Waals surface area (Å²) < 4.78 is 26.4. The van der Waals surface area contributed by atoms with Crippen molar-refractivity contribution in [2.24, 2.45) is 0 Å². The highest BCUT2D eigenvalue weighted by Gasteiger charge is 2.48. The number of benzene rings is 2. The molecule has 0 bridgehead atoms. The van der Waals surface area contributed by atoms with E-state index >= 15 is 0 Å². The van der Waals surface area contributed by atoms with Gasteiger partial charge in [0.05, 0.1) is 11.6 Å². The van der Waals surface area contributed by atoms with Crippen molar-refractivity contribution < 1.29 is 18.0 Å². The fourth-order valence-electron chi connectivity index (χ4n) is 3.42. The van der Waals surface area contributed by atoms with Crippen LogP contribution in [-0.4, -0.2) is 30.6 Å². The summed E-state index contributed by atoms with van der Waals surface area (Å²) >= 11 is 5.92. The molecule has 6 nitrogen and oxygen atoms in total. The molecule has 1 unspecified atom stereocenters. The minimum Gasteiger partial charge on any atom is -0.345 e. The molecule has 2 aromatic rings. The average Bonchev–Trinajstić information content (AvgIpc) is 3.48. The molecule has 1 heterocycles. The average molecular weight is 419 g/mol. The summed E-state index contributed by atoms with van der Waals surface area (Å²) in [5.74, 6) is -0.894. The fraction of sp³-hybridized carbons (Fsp3) is 0.300. The van der Waals surface area contributed by atoms with Gasteiger partial charge in [-0.3, -0.25) is 9.59 Å². The lowest BCUT2D eigenvalue weighted by molar-refractivity contribution is 0.0863. The Bertz CT molecular complexity index is 1060. The van der Waals surface area contributed by atoms with Gasteiger partial charge in [-0.05, 0) is 55.2 Å². The fourth-order valence-corrected chi connectivity index (χ4v) is 5.38. The van der Waals surface area contributed by atoms with E-state index in [2.05, 4.69) is 5.32 Å². The first-order chi connectivity index (χ1) is 13.3. The van der Waals surface area contributed by atoms with Crippen molar-refractivity contribution in [2.45, 2.75) is 43.2 Å². The zero-order chi connectivity index (χ0) is 20.1. The van der Waals surface area contributed by atoms with Crippen LogP contribution in [0, 0.1) is 0 Å². The maximum atomic E-state index is 12.7. The monoisotopic (exact) mass is 418 g/mol. The third-order valence-electron chi connectivity index (χ3n) is 5.08. The third kappa shape index (κ3) is 3.18. The van der Waals surface area contributed by atoms with Gasteiger partial charge in [0.25, 0.3) is 21.8 Å². The normalized spacial score (nSPS) is 18.6. The van der Waals surface area contributed by atoms with Crippen molar-refractivity contribution in [1.82, 2.24) is 9.62 Å². The van der Waals surface area contributed by atoms with Gasteiger partial charge in [-0.1, -0.05) is 30.7 Å². The van der Waals surface area contributed by atoms with Crippen molar-refractivity contribution in [3.8, 4) is 0 Å². The Labute approximate surface area is 168 Å². The molecular weight excluding hydrogens is 400 g/mol. The predicted molar refractivity (Wildman–Crippen MR) is 105 cm³/mol. The summed E-state index contributed by atoms with van der Waals surface area (Å²) in [4.78, 5) is 25.1. The van der Waals surface area contributed by atoms with Gasteiger partial charge in [-0.15, -0.1) is 0 Å². The Morgan fingerprint density at radius 1 is 1.21 bits per heavy atom. The highest BCUT2D eigenvalue weighted by Crippen LogP contribution is 2.39. The van der Waals surface area contributed by atoms with Crippen molar-refractivity contribution in [2.75, 3.05) is 0 Å². The zero-order valence-electron chi connectivity index (χ0n) is 15.2. The van der Waals surface area contributed by atoms with Crippen LogP contribution in [0.15, 0.2) is 47.4 Å². The molecule has 0 saturated heterocycles. The summed E-state index contributed by atoms with van der Waals surface area (Å²) in [5.41, 5.74) is 1.25. The maximum absolute atomic E-state index is 12.7. The number of hydrogen-bond acceptors (Lipinski definition) is 4. The molecule has 0 aromatic heterocycles. The van der Waals surface area contributed by atoms with E-state index in [1.54, 1.807) is 12.1 Å². The molecule has 1 N–H and O–H groups in total. The summed E-state index contributed by atoms with van der Waals surface area (Å²) in [6, 6.07) is 10.9. The molecule has 0 radical (unpaired) electrons. The Morgan fingerprint density at radius 2 is 1.89 bits per heavy atom. The molecule has 4 rings (SSSR count). The van der Waals surface area contributed by atoms with E-state index in [0.29, 0.717) is 24.3 Å². The summed E-state index contributed by atoms with van der Waals surface area (Å²) in [5, 5.41) is 3.53. The minimum absolute atomic E-state index is 0.0865. The maximum Gasteiger partial charge on any atom is 0.269 e. The Kier molecular flexibility index (Phi) is 4.67. The van der Waals surface area contributed by atoms with Gasteiger partial charge in [0.15, 0.2) is 0 Å². The molecule has 1 fully saturated rings. The molecule has 28 heavy (non-hydrogen) atoms. The second kappa shape index (κ2) is 6.90. The SMILES string of the molecule is CCC(NC(=O)c1ccc2c(c1)S(=O)(=O)N(C1CC1)C2=O)c1ccc(Cl)cc1. The van der Waals surface area contributed by atoms with Gasteiger partial charge in [-0.25, -0.2) is 12.7 Å². The molecule has 2 amide bonds. The lowest BCUT2D eigenvalue weighted by atomic mass is 10.0. The Balaban J connectivity index is 1.61. The van der Waals surface area contributed by atoms with Crippen LogP contribution in [0.25, 0.3) is 0 Å². The second-order valence-electron chi connectivity index (χ2n) is 7.03. The van der Waals surface area contributed by atoms with Crippen LogP contribution < -0.4 is 5.32 Å². The van der Waals surface area contributed by atoms with Crippen molar-refractivity contribution >= 4 is 33.4 Å². The van der Waals surface area contributed by atoms with E-state index in [1.807, 2.05) is 19.1 Å². The van der Waals surface area contributed by atoms with Crippen molar-refractivity contribution in [3.05, 3.63) is 64.2 Å². The van der Waals surface area contributed by atoms with Crippen LogP contribution in [-0.2, 0) is 10.0 Å². The largest absolute Gasteiger partial charge is 0.345 e. The Hall–Kier alpha value is -2.38. The smallest absolute Gasteiger partial charge is 0.269 e.